The van der Waals surface area contributed by atoms with Crippen molar-refractivity contribution in [3.05, 3.63) is 35.5 Å². The maximum atomic E-state index is 14.6. The summed E-state index contributed by atoms with van der Waals surface area (Å²) in [4.78, 5) is 30.3. The molecule has 4 heterocycles. The third kappa shape index (κ3) is 4.20. The number of likely N-dealkylation sites (tertiary alicyclic amines) is 1. The summed E-state index contributed by atoms with van der Waals surface area (Å²) in [5, 5.41) is 7.20. The number of nitrogens with zero attached hydrogens (tertiary/aromatic N) is 4. The Morgan fingerprint density at radius 2 is 2.16 bits per heavy atom. The highest BCUT2D eigenvalue weighted by Gasteiger charge is 2.37. The van der Waals surface area contributed by atoms with E-state index in [1.54, 1.807) is 25.5 Å². The molecule has 0 radical (unpaired) electrons. The minimum atomic E-state index is -0.652. The maximum absolute atomic E-state index is 14.6. The number of likely N-dealkylation sites (N-methyl/N-ethyl adjacent to an activating group) is 1. The molecule has 164 valence electrons. The van der Waals surface area contributed by atoms with Crippen molar-refractivity contribution >= 4 is 34.4 Å². The summed E-state index contributed by atoms with van der Waals surface area (Å²) >= 11 is 6.08. The van der Waals surface area contributed by atoms with Crippen LogP contribution in [0.1, 0.15) is 26.7 Å². The number of fused-ring (bicyclic) bond motifs is 1. The minimum Gasteiger partial charge on any atom is -0.363 e. The van der Waals surface area contributed by atoms with Crippen molar-refractivity contribution in [1.29, 1.82) is 0 Å². The first-order valence-electron chi connectivity index (χ1n) is 10.2. The first kappa shape index (κ1) is 21.5. The number of carbonyl (C=O) groups excluding carboxylic acids is 1. The first-order valence-corrected chi connectivity index (χ1v) is 10.6. The Balaban J connectivity index is 1.58. The third-order valence-electron chi connectivity index (χ3n) is 5.82. The van der Waals surface area contributed by atoms with E-state index in [-0.39, 0.29) is 17.8 Å². The smallest absolute Gasteiger partial charge is 0.239 e. The SMILES string of the molecule is CNC(=O)C(C)(C)N1CCC[C@H](Nc2nc(-c3c[nH]c4ncc(Cl)cc34)ncc2F)C1. The number of hydrogen-bond acceptors (Lipinski definition) is 6. The predicted molar refractivity (Wildman–Crippen MR) is 118 cm³/mol. The van der Waals surface area contributed by atoms with Crippen molar-refractivity contribution in [2.24, 2.45) is 0 Å². The number of pyridine rings is 1. The summed E-state index contributed by atoms with van der Waals surface area (Å²) in [7, 11) is 1.63. The number of hydrogen-bond donors (Lipinski definition) is 3. The van der Waals surface area contributed by atoms with Gasteiger partial charge in [0.05, 0.1) is 16.8 Å². The van der Waals surface area contributed by atoms with Crippen molar-refractivity contribution in [3.63, 3.8) is 0 Å². The van der Waals surface area contributed by atoms with Crippen LogP contribution in [0, 0.1) is 5.82 Å². The molecule has 1 aliphatic heterocycles. The molecule has 1 fully saturated rings. The van der Waals surface area contributed by atoms with E-state index in [4.69, 9.17) is 11.6 Å². The van der Waals surface area contributed by atoms with E-state index in [2.05, 4.69) is 35.5 Å². The summed E-state index contributed by atoms with van der Waals surface area (Å²) in [6.07, 6.45) is 6.20. The van der Waals surface area contributed by atoms with Gasteiger partial charge in [0.25, 0.3) is 0 Å². The Kier molecular flexibility index (Phi) is 5.81. The Morgan fingerprint density at radius 3 is 2.94 bits per heavy atom. The molecule has 3 aromatic rings. The van der Waals surface area contributed by atoms with Gasteiger partial charge in [-0.05, 0) is 39.3 Å². The lowest BCUT2D eigenvalue weighted by Crippen LogP contribution is -2.58. The van der Waals surface area contributed by atoms with Gasteiger partial charge in [0.2, 0.25) is 5.91 Å². The van der Waals surface area contributed by atoms with Gasteiger partial charge in [-0.25, -0.2) is 19.3 Å². The standard InChI is InChI=1S/C21H25ClFN7O/c1-21(2,20(31)24-3)30-6-4-5-13(11-30)28-19-16(23)10-27-18(29-19)15-9-26-17-14(15)7-12(22)8-25-17/h7-10,13H,4-6,11H2,1-3H3,(H,24,31)(H,25,26)(H,27,28,29)/t13-/m0/s1. The lowest BCUT2D eigenvalue weighted by molar-refractivity contribution is -0.131. The fourth-order valence-corrected chi connectivity index (χ4v) is 4.16. The van der Waals surface area contributed by atoms with Crippen LogP contribution in [0.25, 0.3) is 22.4 Å². The van der Waals surface area contributed by atoms with Crippen LogP contribution in [0.15, 0.2) is 24.7 Å². The van der Waals surface area contributed by atoms with Crippen LogP contribution in [-0.2, 0) is 4.79 Å². The Labute approximate surface area is 184 Å². The largest absolute Gasteiger partial charge is 0.363 e. The second-order valence-corrected chi connectivity index (χ2v) is 8.65. The number of halogens is 2. The van der Waals surface area contributed by atoms with Crippen LogP contribution < -0.4 is 10.6 Å². The highest BCUT2D eigenvalue weighted by atomic mass is 35.5. The van der Waals surface area contributed by atoms with E-state index in [0.717, 1.165) is 31.0 Å². The van der Waals surface area contributed by atoms with Gasteiger partial charge >= 0.3 is 0 Å². The zero-order chi connectivity index (χ0) is 22.2. The molecule has 0 spiro atoms. The van der Waals surface area contributed by atoms with E-state index < -0.39 is 11.4 Å². The lowest BCUT2D eigenvalue weighted by Gasteiger charge is -2.42. The number of anilines is 1. The van der Waals surface area contributed by atoms with Gasteiger partial charge in [-0.1, -0.05) is 11.6 Å². The fraction of sp³-hybridized carbons (Fsp3) is 0.429. The lowest BCUT2D eigenvalue weighted by atomic mass is 9.95. The summed E-state index contributed by atoms with van der Waals surface area (Å²) in [6, 6.07) is 1.73. The Hall–Kier alpha value is -2.78. The summed E-state index contributed by atoms with van der Waals surface area (Å²) in [5.41, 5.74) is 0.695. The molecule has 4 rings (SSSR count). The number of piperidine rings is 1. The van der Waals surface area contributed by atoms with E-state index in [1.807, 2.05) is 13.8 Å². The fourth-order valence-electron chi connectivity index (χ4n) is 4.01. The highest BCUT2D eigenvalue weighted by molar-refractivity contribution is 6.31. The van der Waals surface area contributed by atoms with E-state index in [9.17, 15) is 9.18 Å². The minimum absolute atomic E-state index is 0.0461. The van der Waals surface area contributed by atoms with Gasteiger partial charge in [-0.3, -0.25) is 9.69 Å². The van der Waals surface area contributed by atoms with Gasteiger partial charge in [0.1, 0.15) is 5.65 Å². The average molecular weight is 446 g/mol. The summed E-state index contributed by atoms with van der Waals surface area (Å²) in [6.45, 7) is 5.20. The molecule has 10 heteroatoms. The van der Waals surface area contributed by atoms with Crippen LogP contribution in [0.3, 0.4) is 0 Å². The molecule has 1 amide bonds. The maximum Gasteiger partial charge on any atom is 0.239 e. The summed E-state index contributed by atoms with van der Waals surface area (Å²) < 4.78 is 14.6. The zero-order valence-electron chi connectivity index (χ0n) is 17.7. The van der Waals surface area contributed by atoms with E-state index in [1.165, 1.54) is 0 Å². The van der Waals surface area contributed by atoms with Gasteiger partial charge in [0.15, 0.2) is 17.5 Å². The van der Waals surface area contributed by atoms with Crippen molar-refractivity contribution < 1.29 is 9.18 Å². The van der Waals surface area contributed by atoms with E-state index >= 15 is 0 Å². The molecule has 0 bridgehead atoms. The second kappa shape index (κ2) is 8.39. The second-order valence-electron chi connectivity index (χ2n) is 8.21. The number of carbonyl (C=O) groups is 1. The van der Waals surface area contributed by atoms with Crippen molar-refractivity contribution in [1.82, 2.24) is 30.2 Å². The third-order valence-corrected chi connectivity index (χ3v) is 6.02. The van der Waals surface area contributed by atoms with Crippen molar-refractivity contribution in [2.45, 2.75) is 38.3 Å². The quantitative estimate of drug-likeness (QED) is 0.557. The van der Waals surface area contributed by atoms with Gasteiger partial charge in [-0.2, -0.15) is 0 Å². The molecule has 1 atom stereocenters. The molecule has 0 aliphatic carbocycles. The van der Waals surface area contributed by atoms with Gasteiger partial charge < -0.3 is 15.6 Å². The number of H-pyrrole nitrogens is 1. The van der Waals surface area contributed by atoms with E-state index in [0.29, 0.717) is 28.6 Å². The molecular weight excluding hydrogens is 421 g/mol. The molecular formula is C21H25ClFN7O. The number of nitrogens with one attached hydrogen (secondary N) is 3. The molecule has 0 aromatic carbocycles. The van der Waals surface area contributed by atoms with Gasteiger partial charge in [-0.15, -0.1) is 0 Å². The number of aromatic amines is 1. The topological polar surface area (TPSA) is 98.8 Å². The molecule has 0 unspecified atom stereocenters. The first-order chi connectivity index (χ1) is 14.8. The average Bonchev–Trinajstić information content (AvgIpc) is 3.18. The molecule has 3 aromatic heterocycles. The monoisotopic (exact) mass is 445 g/mol. The number of aromatic nitrogens is 4. The molecule has 31 heavy (non-hydrogen) atoms. The zero-order valence-corrected chi connectivity index (χ0v) is 18.4. The summed E-state index contributed by atoms with van der Waals surface area (Å²) in [5.74, 6) is -0.0609. The van der Waals surface area contributed by atoms with Crippen molar-refractivity contribution in [3.8, 4) is 11.4 Å². The van der Waals surface area contributed by atoms with Crippen LogP contribution in [0.5, 0.6) is 0 Å². The molecule has 1 aliphatic rings. The van der Waals surface area contributed by atoms with Crippen LogP contribution in [-0.4, -0.2) is 62.5 Å². The predicted octanol–water partition coefficient (Wildman–Crippen LogP) is 3.21. The molecule has 0 saturated carbocycles. The van der Waals surface area contributed by atoms with Gasteiger partial charge in [0, 0.05) is 43.0 Å². The normalized spacial score (nSPS) is 17.6. The molecule has 8 nitrogen and oxygen atoms in total. The molecule has 1 saturated heterocycles. The molecule has 3 N–H and O–H groups in total. The van der Waals surface area contributed by atoms with Crippen LogP contribution in [0.4, 0.5) is 10.2 Å². The Bertz CT molecular complexity index is 1120. The number of amides is 1. The Morgan fingerprint density at radius 1 is 1.35 bits per heavy atom. The highest BCUT2D eigenvalue weighted by Crippen LogP contribution is 2.29. The number of rotatable bonds is 5. The van der Waals surface area contributed by atoms with Crippen molar-refractivity contribution in [2.75, 3.05) is 25.5 Å². The van der Waals surface area contributed by atoms with Crippen LogP contribution >= 0.6 is 11.6 Å². The van der Waals surface area contributed by atoms with Crippen LogP contribution in [0.2, 0.25) is 5.02 Å².